The van der Waals surface area contributed by atoms with Crippen LogP contribution in [0.25, 0.3) is 0 Å². The molecular formula is C11H12ClNO. The number of halogens is 1. The summed E-state index contributed by atoms with van der Waals surface area (Å²) >= 11 is 6.05. The molecule has 2 rings (SSSR count). The average molecular weight is 210 g/mol. The number of Topliss-reactive ketones (excluding diaryl/α,β-unsaturated/α-hetero) is 1. The fourth-order valence-corrected chi connectivity index (χ4v) is 2.31. The quantitative estimate of drug-likeness (QED) is 0.771. The number of benzene rings is 1. The standard InChI is InChI=1S/C11H12ClNO/c12-10-4-2-1-3-9(10)11(13)6-5-8(14)7-11/h1-4H,5-7,13H2. The lowest BCUT2D eigenvalue weighted by atomic mass is 9.89. The van der Waals surface area contributed by atoms with E-state index in [1.54, 1.807) is 0 Å². The Hall–Kier alpha value is -0.860. The molecule has 0 amide bonds. The molecule has 74 valence electrons. The van der Waals surface area contributed by atoms with Crippen LogP contribution in [0.5, 0.6) is 0 Å². The molecule has 2 N–H and O–H groups in total. The minimum absolute atomic E-state index is 0.229. The van der Waals surface area contributed by atoms with Gasteiger partial charge in [-0.25, -0.2) is 0 Å². The van der Waals surface area contributed by atoms with Gasteiger partial charge < -0.3 is 5.73 Å². The summed E-state index contributed by atoms with van der Waals surface area (Å²) in [6.07, 6.45) is 1.69. The van der Waals surface area contributed by atoms with Crippen LogP contribution >= 0.6 is 11.6 Å². The number of rotatable bonds is 1. The van der Waals surface area contributed by atoms with Crippen molar-refractivity contribution in [2.24, 2.45) is 5.73 Å². The third kappa shape index (κ3) is 1.56. The Kier molecular flexibility index (Phi) is 2.33. The van der Waals surface area contributed by atoms with Crippen LogP contribution in [0, 0.1) is 0 Å². The fourth-order valence-electron chi connectivity index (χ4n) is 1.99. The van der Waals surface area contributed by atoms with E-state index in [-0.39, 0.29) is 5.78 Å². The van der Waals surface area contributed by atoms with Gasteiger partial charge in [0.05, 0.1) is 0 Å². The van der Waals surface area contributed by atoms with Crippen molar-refractivity contribution in [3.05, 3.63) is 34.9 Å². The lowest BCUT2D eigenvalue weighted by Gasteiger charge is -2.24. The van der Waals surface area contributed by atoms with Crippen molar-refractivity contribution in [1.29, 1.82) is 0 Å². The van der Waals surface area contributed by atoms with Crippen LogP contribution in [-0.2, 0) is 10.3 Å². The Morgan fingerprint density at radius 2 is 2.07 bits per heavy atom. The topological polar surface area (TPSA) is 43.1 Å². The van der Waals surface area contributed by atoms with Crippen LogP contribution in [0.15, 0.2) is 24.3 Å². The minimum Gasteiger partial charge on any atom is -0.321 e. The second-order valence-corrected chi connectivity index (χ2v) is 4.26. The molecule has 0 aliphatic heterocycles. The van der Waals surface area contributed by atoms with Gasteiger partial charge in [0.15, 0.2) is 0 Å². The SMILES string of the molecule is NC1(c2ccccc2Cl)CCC(=O)C1. The van der Waals surface area contributed by atoms with Crippen molar-refractivity contribution in [3.8, 4) is 0 Å². The van der Waals surface area contributed by atoms with Gasteiger partial charge in [-0.15, -0.1) is 0 Å². The van der Waals surface area contributed by atoms with Crippen molar-refractivity contribution in [3.63, 3.8) is 0 Å². The van der Waals surface area contributed by atoms with Gasteiger partial charge in [0.2, 0.25) is 0 Å². The van der Waals surface area contributed by atoms with E-state index in [1.165, 1.54) is 0 Å². The highest BCUT2D eigenvalue weighted by Gasteiger charge is 2.37. The van der Waals surface area contributed by atoms with Crippen molar-refractivity contribution >= 4 is 17.4 Å². The lowest BCUT2D eigenvalue weighted by Crippen LogP contribution is -2.34. The molecule has 1 aromatic carbocycles. The summed E-state index contributed by atoms with van der Waals surface area (Å²) in [7, 11) is 0. The highest BCUT2D eigenvalue weighted by atomic mass is 35.5. The first kappa shape index (κ1) is 9.69. The van der Waals surface area contributed by atoms with Crippen LogP contribution in [-0.4, -0.2) is 5.78 Å². The normalized spacial score (nSPS) is 26.9. The zero-order valence-corrected chi connectivity index (χ0v) is 8.55. The van der Waals surface area contributed by atoms with E-state index in [0.717, 1.165) is 5.56 Å². The van der Waals surface area contributed by atoms with E-state index in [0.29, 0.717) is 24.3 Å². The molecular weight excluding hydrogens is 198 g/mol. The predicted molar refractivity (Wildman–Crippen MR) is 56.2 cm³/mol. The molecule has 0 spiro atoms. The molecule has 1 aromatic rings. The van der Waals surface area contributed by atoms with Crippen LogP contribution in [0.4, 0.5) is 0 Å². The highest BCUT2D eigenvalue weighted by Crippen LogP contribution is 2.37. The van der Waals surface area contributed by atoms with Crippen molar-refractivity contribution in [2.45, 2.75) is 24.8 Å². The summed E-state index contributed by atoms with van der Waals surface area (Å²) in [5, 5.41) is 0.657. The molecule has 0 heterocycles. The second kappa shape index (κ2) is 3.37. The third-order valence-electron chi connectivity index (χ3n) is 2.77. The monoisotopic (exact) mass is 209 g/mol. The smallest absolute Gasteiger partial charge is 0.135 e. The van der Waals surface area contributed by atoms with Crippen LogP contribution in [0.3, 0.4) is 0 Å². The molecule has 1 atom stereocenters. The second-order valence-electron chi connectivity index (χ2n) is 3.85. The third-order valence-corrected chi connectivity index (χ3v) is 3.10. The van der Waals surface area contributed by atoms with Gasteiger partial charge >= 0.3 is 0 Å². The Bertz CT molecular complexity index is 377. The van der Waals surface area contributed by atoms with Gasteiger partial charge in [0, 0.05) is 23.4 Å². The summed E-state index contributed by atoms with van der Waals surface area (Å²) in [5.74, 6) is 0.229. The fraction of sp³-hybridized carbons (Fsp3) is 0.364. The zero-order chi connectivity index (χ0) is 10.2. The predicted octanol–water partition coefficient (Wildman–Crippen LogP) is 2.25. The van der Waals surface area contributed by atoms with Crippen molar-refractivity contribution in [1.82, 2.24) is 0 Å². The van der Waals surface area contributed by atoms with E-state index in [1.807, 2.05) is 24.3 Å². The zero-order valence-electron chi connectivity index (χ0n) is 7.79. The summed E-state index contributed by atoms with van der Waals surface area (Å²) < 4.78 is 0. The molecule has 1 aliphatic rings. The first-order valence-electron chi connectivity index (χ1n) is 4.67. The maximum atomic E-state index is 11.2. The van der Waals surface area contributed by atoms with E-state index >= 15 is 0 Å². The van der Waals surface area contributed by atoms with E-state index < -0.39 is 5.54 Å². The molecule has 14 heavy (non-hydrogen) atoms. The maximum Gasteiger partial charge on any atom is 0.135 e. The summed E-state index contributed by atoms with van der Waals surface area (Å²) in [6, 6.07) is 7.49. The molecule has 2 nitrogen and oxygen atoms in total. The number of nitrogens with two attached hydrogens (primary N) is 1. The minimum atomic E-state index is -0.532. The number of carbonyl (C=O) groups is 1. The van der Waals surface area contributed by atoms with Crippen molar-refractivity contribution in [2.75, 3.05) is 0 Å². The molecule has 3 heteroatoms. The maximum absolute atomic E-state index is 11.2. The lowest BCUT2D eigenvalue weighted by molar-refractivity contribution is -0.117. The molecule has 1 unspecified atom stereocenters. The summed E-state index contributed by atoms with van der Waals surface area (Å²) in [4.78, 5) is 11.2. The molecule has 1 aliphatic carbocycles. The number of hydrogen-bond acceptors (Lipinski definition) is 2. The summed E-state index contributed by atoms with van der Waals surface area (Å²) in [5.41, 5.74) is 6.53. The number of carbonyl (C=O) groups excluding carboxylic acids is 1. The molecule has 0 saturated heterocycles. The Morgan fingerprint density at radius 1 is 1.36 bits per heavy atom. The van der Waals surface area contributed by atoms with E-state index in [4.69, 9.17) is 17.3 Å². The Morgan fingerprint density at radius 3 is 2.64 bits per heavy atom. The van der Waals surface area contributed by atoms with Crippen molar-refractivity contribution < 1.29 is 4.79 Å². The first-order valence-corrected chi connectivity index (χ1v) is 5.05. The highest BCUT2D eigenvalue weighted by molar-refractivity contribution is 6.31. The molecule has 0 aromatic heterocycles. The molecule has 1 saturated carbocycles. The van der Waals surface area contributed by atoms with Gasteiger partial charge in [0.1, 0.15) is 5.78 Å². The van der Waals surface area contributed by atoms with Gasteiger partial charge in [0.25, 0.3) is 0 Å². The van der Waals surface area contributed by atoms with E-state index in [2.05, 4.69) is 0 Å². The summed E-state index contributed by atoms with van der Waals surface area (Å²) in [6.45, 7) is 0. The van der Waals surface area contributed by atoms with Crippen LogP contribution in [0.1, 0.15) is 24.8 Å². The van der Waals surface area contributed by atoms with Gasteiger partial charge in [-0.1, -0.05) is 29.8 Å². The molecule has 0 bridgehead atoms. The molecule has 0 radical (unpaired) electrons. The Labute approximate surface area is 88.1 Å². The number of hydrogen-bond donors (Lipinski definition) is 1. The van der Waals surface area contributed by atoms with Gasteiger partial charge in [-0.05, 0) is 18.1 Å². The average Bonchev–Trinajstić information content (AvgIpc) is 2.48. The Balaban J connectivity index is 2.40. The van der Waals surface area contributed by atoms with E-state index in [9.17, 15) is 4.79 Å². The van der Waals surface area contributed by atoms with Gasteiger partial charge in [-0.3, -0.25) is 4.79 Å². The van der Waals surface area contributed by atoms with Crippen LogP contribution in [0.2, 0.25) is 5.02 Å². The first-order chi connectivity index (χ1) is 6.62. The van der Waals surface area contributed by atoms with Crippen LogP contribution < -0.4 is 5.73 Å². The molecule has 1 fully saturated rings. The largest absolute Gasteiger partial charge is 0.321 e. The number of ketones is 1. The van der Waals surface area contributed by atoms with Gasteiger partial charge in [-0.2, -0.15) is 0 Å².